The van der Waals surface area contributed by atoms with Gasteiger partial charge in [-0.15, -0.1) is 0 Å². The number of rotatable bonds is 7. The van der Waals surface area contributed by atoms with E-state index < -0.39 is 91.2 Å². The molecule has 0 aromatic heterocycles. The van der Waals surface area contributed by atoms with Crippen LogP contribution in [-0.4, -0.2) is 122 Å². The molecule has 0 aromatic carbocycles. The Morgan fingerprint density at radius 1 is 0.863 bits per heavy atom. The average Bonchev–Trinajstić information content (AvgIpc) is 3.36. The van der Waals surface area contributed by atoms with E-state index in [1.54, 1.807) is 33.8 Å². The highest BCUT2D eigenvalue weighted by Gasteiger charge is 2.61. The molecule has 51 heavy (non-hydrogen) atoms. The summed E-state index contributed by atoms with van der Waals surface area (Å²) < 4.78 is 52.3. The zero-order valence-corrected chi connectivity index (χ0v) is 31.3. The first-order chi connectivity index (χ1) is 24.1. The van der Waals surface area contributed by atoms with Crippen LogP contribution in [0.2, 0.25) is 0 Å². The Morgan fingerprint density at radius 2 is 1.57 bits per heavy atom. The van der Waals surface area contributed by atoms with Crippen molar-refractivity contribution in [2.75, 3.05) is 20.8 Å². The summed E-state index contributed by atoms with van der Waals surface area (Å²) >= 11 is 0. The summed E-state index contributed by atoms with van der Waals surface area (Å²) in [6.07, 6.45) is -1.15. The van der Waals surface area contributed by atoms with E-state index >= 15 is 0 Å². The molecule has 0 aromatic rings. The highest BCUT2D eigenvalue weighted by atomic mass is 16.8. The summed E-state index contributed by atoms with van der Waals surface area (Å²) in [5.74, 6) is -1.77. The normalized spacial score (nSPS) is 44.6. The second kappa shape index (κ2) is 18.1. The largest absolute Gasteiger partial charge is 0.509 e. The molecule has 4 rings (SSSR count). The van der Waals surface area contributed by atoms with Crippen LogP contribution in [0.1, 0.15) is 74.1 Å². The summed E-state index contributed by atoms with van der Waals surface area (Å²) in [4.78, 5) is 38.5. The van der Waals surface area contributed by atoms with Gasteiger partial charge in [0.15, 0.2) is 18.2 Å². The third-order valence-electron chi connectivity index (χ3n) is 10.7. The Bertz CT molecular complexity index is 1240. The Morgan fingerprint density at radius 3 is 2.22 bits per heavy atom. The molecule has 14 heteroatoms. The Kier molecular flexibility index (Phi) is 14.6. The number of Topliss-reactive ketones (excluding diaryl/α,β-unsaturated/α-hetero) is 1. The van der Waals surface area contributed by atoms with E-state index in [1.165, 1.54) is 20.3 Å². The van der Waals surface area contributed by atoms with Gasteiger partial charge in [0, 0.05) is 50.9 Å². The smallest absolute Gasteiger partial charge is 0.459 e. The van der Waals surface area contributed by atoms with E-state index in [1.807, 2.05) is 32.9 Å². The Balaban J connectivity index is 1.52. The van der Waals surface area contributed by atoms with Gasteiger partial charge in [-0.05, 0) is 46.5 Å². The van der Waals surface area contributed by atoms with Crippen LogP contribution in [0.15, 0.2) is 24.3 Å². The van der Waals surface area contributed by atoms with Gasteiger partial charge in [0.05, 0.1) is 24.9 Å². The number of ether oxygens (including phenoxy) is 9. The fourth-order valence-corrected chi connectivity index (χ4v) is 7.61. The van der Waals surface area contributed by atoms with E-state index in [2.05, 4.69) is 0 Å². The first-order valence-corrected chi connectivity index (χ1v) is 18.1. The molecule has 3 fully saturated rings. The zero-order valence-electron chi connectivity index (χ0n) is 31.3. The third kappa shape index (κ3) is 9.77. The summed E-state index contributed by atoms with van der Waals surface area (Å²) in [6.45, 7) is 12.8. The minimum atomic E-state index is -1.35. The van der Waals surface area contributed by atoms with Gasteiger partial charge in [0.2, 0.25) is 0 Å². The number of methoxy groups -OCH3 is 2. The molecule has 0 saturated carbocycles. The van der Waals surface area contributed by atoms with Crippen LogP contribution in [-0.2, 0) is 52.2 Å². The molecule has 4 aliphatic heterocycles. The molecular formula is C37H58O14. The van der Waals surface area contributed by atoms with Gasteiger partial charge in [0.1, 0.15) is 42.4 Å². The van der Waals surface area contributed by atoms with E-state index in [0.717, 1.165) is 0 Å². The number of allylic oxidation sites excluding steroid dienone is 1. The maximum Gasteiger partial charge on any atom is 0.509 e. The predicted octanol–water partition coefficient (Wildman–Crippen LogP) is 3.64. The van der Waals surface area contributed by atoms with Gasteiger partial charge in [-0.25, -0.2) is 9.59 Å². The van der Waals surface area contributed by atoms with Crippen LogP contribution in [0.3, 0.4) is 0 Å². The van der Waals surface area contributed by atoms with Crippen LogP contribution in [0.25, 0.3) is 0 Å². The standard InChI is InChI=1S/C37H58O14/c1-19-14-15-28(39)47-23(5)26(18-45-34-32(44-9)31(43-8)29(40)24(6)48-34)12-10-11-13-27(38)20(2)16-21(3)30(19)50-35-33(41)37(17-22(4)46-35)25(7)49-36(42)51-37/h10,12,14-15,19-26,29-35,40-41H,11,13,16-18H2,1-9H3/t19-,20+,21-,22+,23+,24+,25-,26+,29+,30+,31+,32+,33-,34+,35-,37-/m0/s1. The number of carbonyl (C=O) groups is 3. The molecule has 0 amide bonds. The van der Waals surface area contributed by atoms with Crippen LogP contribution >= 0.6 is 0 Å². The monoisotopic (exact) mass is 726 g/mol. The molecule has 1 spiro atoms. The zero-order chi connectivity index (χ0) is 37.6. The molecule has 290 valence electrons. The topological polar surface area (TPSA) is 175 Å². The summed E-state index contributed by atoms with van der Waals surface area (Å²) in [5, 5.41) is 22.0. The number of hydrogen-bond acceptors (Lipinski definition) is 14. The first kappa shape index (κ1) is 41.3. The fourth-order valence-electron chi connectivity index (χ4n) is 7.61. The van der Waals surface area contributed by atoms with Gasteiger partial charge >= 0.3 is 12.1 Å². The van der Waals surface area contributed by atoms with E-state index in [-0.39, 0.29) is 36.6 Å². The molecular weight excluding hydrogens is 668 g/mol. The van der Waals surface area contributed by atoms with Crippen LogP contribution in [0, 0.1) is 23.7 Å². The van der Waals surface area contributed by atoms with E-state index in [9.17, 15) is 24.6 Å². The summed E-state index contributed by atoms with van der Waals surface area (Å²) in [7, 11) is 2.97. The highest BCUT2D eigenvalue weighted by Crippen LogP contribution is 2.42. The molecule has 14 nitrogen and oxygen atoms in total. The molecule has 16 atom stereocenters. The number of carbonyl (C=O) groups excluding carboxylic acids is 3. The lowest BCUT2D eigenvalue weighted by Crippen LogP contribution is -2.62. The maximum atomic E-state index is 13.3. The number of esters is 1. The van der Waals surface area contributed by atoms with Crippen molar-refractivity contribution in [3.63, 3.8) is 0 Å². The minimum Gasteiger partial charge on any atom is -0.459 e. The van der Waals surface area contributed by atoms with Crippen molar-refractivity contribution in [3.8, 4) is 0 Å². The maximum absolute atomic E-state index is 13.3. The van der Waals surface area contributed by atoms with Crippen molar-refractivity contribution in [2.24, 2.45) is 23.7 Å². The van der Waals surface area contributed by atoms with Crippen molar-refractivity contribution in [2.45, 2.75) is 147 Å². The van der Waals surface area contributed by atoms with Crippen molar-refractivity contribution in [1.82, 2.24) is 0 Å². The minimum absolute atomic E-state index is 0.0925. The molecule has 0 radical (unpaired) electrons. The molecule has 0 bridgehead atoms. The summed E-state index contributed by atoms with van der Waals surface area (Å²) in [5.41, 5.74) is -1.34. The molecule has 0 unspecified atom stereocenters. The first-order valence-electron chi connectivity index (χ1n) is 18.1. The summed E-state index contributed by atoms with van der Waals surface area (Å²) in [6, 6.07) is 0. The molecule has 4 aliphatic rings. The number of aliphatic hydroxyl groups excluding tert-OH is 2. The van der Waals surface area contributed by atoms with Gasteiger partial charge in [-0.1, -0.05) is 39.0 Å². The number of ketones is 1. The van der Waals surface area contributed by atoms with Crippen molar-refractivity contribution < 1.29 is 67.2 Å². The molecule has 2 N–H and O–H groups in total. The van der Waals surface area contributed by atoms with Gasteiger partial charge in [0.25, 0.3) is 0 Å². The van der Waals surface area contributed by atoms with Crippen molar-refractivity contribution >= 4 is 17.9 Å². The Labute approximate surface area is 301 Å². The number of hydrogen-bond donors (Lipinski definition) is 2. The lowest BCUT2D eigenvalue weighted by Gasteiger charge is -2.46. The second-order valence-corrected chi connectivity index (χ2v) is 14.6. The van der Waals surface area contributed by atoms with E-state index in [0.29, 0.717) is 19.3 Å². The molecule has 4 heterocycles. The SMILES string of the molecule is CO[C@@H]1[C@H](O)[C@@H](C)O[C@@H](OC[C@H]2C=CCCC(=O)[C@H](C)C[C@H](C)[C@H](O[C@@H]3O[C@H](C)C[C@@]4(OC(=O)O[C@H]4C)[C@H]3O)[C@@H](C)C=CC(=O)O[C@@H]2C)[C@@H]1OC. The van der Waals surface area contributed by atoms with Crippen LogP contribution in [0.4, 0.5) is 4.79 Å². The fraction of sp³-hybridized carbons (Fsp3) is 0.811. The van der Waals surface area contributed by atoms with E-state index in [4.69, 9.17) is 42.6 Å². The van der Waals surface area contributed by atoms with Gasteiger partial charge in [-0.2, -0.15) is 0 Å². The number of cyclic esters (lactones) is 2. The van der Waals surface area contributed by atoms with Gasteiger partial charge < -0.3 is 52.8 Å². The molecule has 3 saturated heterocycles. The molecule has 0 aliphatic carbocycles. The average molecular weight is 727 g/mol. The third-order valence-corrected chi connectivity index (χ3v) is 10.7. The Hall–Kier alpha value is -2.43. The quantitative estimate of drug-likeness (QED) is 0.287. The van der Waals surface area contributed by atoms with Gasteiger partial charge in [-0.3, -0.25) is 4.79 Å². The lowest BCUT2D eigenvalue weighted by atomic mass is 9.82. The van der Waals surface area contributed by atoms with Crippen LogP contribution < -0.4 is 0 Å². The van der Waals surface area contributed by atoms with Crippen molar-refractivity contribution in [3.05, 3.63) is 24.3 Å². The van der Waals surface area contributed by atoms with Crippen LogP contribution in [0.5, 0.6) is 0 Å². The predicted molar refractivity (Wildman–Crippen MR) is 181 cm³/mol. The number of aliphatic hydroxyl groups is 2. The highest BCUT2D eigenvalue weighted by molar-refractivity contribution is 5.82. The lowest BCUT2D eigenvalue weighted by molar-refractivity contribution is -0.308. The van der Waals surface area contributed by atoms with Crippen molar-refractivity contribution in [1.29, 1.82) is 0 Å². The second-order valence-electron chi connectivity index (χ2n) is 14.6.